The quantitative estimate of drug-likeness (QED) is 0.918. The molecular formula is C14H20Cl2F2N2. The number of halogens is 4. The molecule has 0 amide bonds. The van der Waals surface area contributed by atoms with Gasteiger partial charge in [-0.15, -0.1) is 24.8 Å². The first kappa shape index (κ1) is 17.6. The van der Waals surface area contributed by atoms with Gasteiger partial charge in [-0.25, -0.2) is 8.78 Å². The maximum Gasteiger partial charge on any atom is 0.163 e. The number of nitrogens with one attached hydrogen (secondary N) is 1. The summed E-state index contributed by atoms with van der Waals surface area (Å²) in [5.41, 5.74) is 0.541. The van der Waals surface area contributed by atoms with E-state index in [4.69, 9.17) is 0 Å². The second kappa shape index (κ2) is 7.55. The standard InChI is InChI=1S/C14H18F2N2.2ClH/c15-12-3-1-2-11(13(12)16)14(10-4-5-10)18-8-6-17-7-9-18;;/h1-3,10,14,17H,4-9H2;2*1H/t14-;;/m1../s1. The highest BCUT2D eigenvalue weighted by Gasteiger charge is 2.38. The lowest BCUT2D eigenvalue weighted by atomic mass is 9.99. The first-order chi connectivity index (χ1) is 8.77. The minimum absolute atomic E-state index is 0. The Hall–Kier alpha value is -0.420. The van der Waals surface area contributed by atoms with Gasteiger partial charge >= 0.3 is 0 Å². The summed E-state index contributed by atoms with van der Waals surface area (Å²) in [6, 6.07) is 4.61. The van der Waals surface area contributed by atoms with Crippen molar-refractivity contribution in [2.75, 3.05) is 26.2 Å². The molecule has 1 aliphatic carbocycles. The van der Waals surface area contributed by atoms with E-state index in [0.717, 1.165) is 39.0 Å². The van der Waals surface area contributed by atoms with Gasteiger partial charge in [0.1, 0.15) is 0 Å². The van der Waals surface area contributed by atoms with E-state index in [1.807, 2.05) is 0 Å². The van der Waals surface area contributed by atoms with E-state index in [2.05, 4.69) is 10.2 Å². The third kappa shape index (κ3) is 3.61. The summed E-state index contributed by atoms with van der Waals surface area (Å²) in [4.78, 5) is 2.30. The van der Waals surface area contributed by atoms with Crippen molar-refractivity contribution >= 4 is 24.8 Å². The van der Waals surface area contributed by atoms with Gasteiger partial charge in [0.15, 0.2) is 11.6 Å². The second-order valence-electron chi connectivity index (χ2n) is 5.21. The zero-order valence-corrected chi connectivity index (χ0v) is 12.8. The van der Waals surface area contributed by atoms with E-state index in [1.165, 1.54) is 6.07 Å². The highest BCUT2D eigenvalue weighted by Crippen LogP contribution is 2.45. The molecule has 1 aromatic carbocycles. The number of benzene rings is 1. The predicted molar refractivity (Wildman–Crippen MR) is 80.8 cm³/mol. The van der Waals surface area contributed by atoms with Crippen molar-refractivity contribution in [3.05, 3.63) is 35.4 Å². The first-order valence-electron chi connectivity index (χ1n) is 6.66. The van der Waals surface area contributed by atoms with E-state index in [1.54, 1.807) is 12.1 Å². The molecule has 3 rings (SSSR count). The summed E-state index contributed by atoms with van der Waals surface area (Å²) in [5.74, 6) is -0.888. The average Bonchev–Trinajstić information content (AvgIpc) is 3.21. The maximum absolute atomic E-state index is 14.0. The molecule has 1 aliphatic heterocycles. The molecule has 1 saturated heterocycles. The van der Waals surface area contributed by atoms with Gasteiger partial charge in [0.25, 0.3) is 0 Å². The van der Waals surface area contributed by atoms with Gasteiger partial charge in [-0.1, -0.05) is 12.1 Å². The van der Waals surface area contributed by atoms with Gasteiger partial charge < -0.3 is 5.32 Å². The third-order valence-corrected chi connectivity index (χ3v) is 3.91. The lowest BCUT2D eigenvalue weighted by molar-refractivity contribution is 0.152. The Bertz CT molecular complexity index is 435. The Labute approximate surface area is 130 Å². The number of piperazine rings is 1. The van der Waals surface area contributed by atoms with E-state index < -0.39 is 11.6 Å². The van der Waals surface area contributed by atoms with Crippen LogP contribution in [-0.4, -0.2) is 31.1 Å². The van der Waals surface area contributed by atoms with Gasteiger partial charge in [-0.3, -0.25) is 4.90 Å². The summed E-state index contributed by atoms with van der Waals surface area (Å²) in [5, 5.41) is 3.30. The van der Waals surface area contributed by atoms with Crippen LogP contribution in [0.2, 0.25) is 0 Å². The van der Waals surface area contributed by atoms with Crippen molar-refractivity contribution in [1.29, 1.82) is 0 Å². The van der Waals surface area contributed by atoms with Crippen molar-refractivity contribution in [2.24, 2.45) is 5.92 Å². The highest BCUT2D eigenvalue weighted by atomic mass is 35.5. The number of rotatable bonds is 3. The van der Waals surface area contributed by atoms with Gasteiger partial charge in [0, 0.05) is 37.8 Å². The molecule has 20 heavy (non-hydrogen) atoms. The summed E-state index contributed by atoms with van der Waals surface area (Å²) in [6.07, 6.45) is 2.26. The van der Waals surface area contributed by atoms with Crippen molar-refractivity contribution in [2.45, 2.75) is 18.9 Å². The molecule has 0 bridgehead atoms. The van der Waals surface area contributed by atoms with Gasteiger partial charge in [0.05, 0.1) is 0 Å². The normalized spacial score (nSPS) is 20.7. The van der Waals surface area contributed by atoms with Crippen LogP contribution in [0.15, 0.2) is 18.2 Å². The van der Waals surface area contributed by atoms with Crippen LogP contribution in [0.25, 0.3) is 0 Å². The number of hydrogen-bond acceptors (Lipinski definition) is 2. The Kier molecular flexibility index (Phi) is 6.65. The summed E-state index contributed by atoms with van der Waals surface area (Å²) in [7, 11) is 0. The van der Waals surface area contributed by atoms with E-state index in [9.17, 15) is 8.78 Å². The number of nitrogens with zero attached hydrogens (tertiary/aromatic N) is 1. The van der Waals surface area contributed by atoms with Crippen LogP contribution >= 0.6 is 24.8 Å². The minimum Gasteiger partial charge on any atom is -0.314 e. The lowest BCUT2D eigenvalue weighted by Crippen LogP contribution is -2.45. The highest BCUT2D eigenvalue weighted by molar-refractivity contribution is 5.85. The molecule has 6 heteroatoms. The van der Waals surface area contributed by atoms with Crippen LogP contribution in [0.5, 0.6) is 0 Å². The topological polar surface area (TPSA) is 15.3 Å². The monoisotopic (exact) mass is 324 g/mol. The van der Waals surface area contributed by atoms with Crippen LogP contribution in [0, 0.1) is 17.6 Å². The fraction of sp³-hybridized carbons (Fsp3) is 0.571. The van der Waals surface area contributed by atoms with E-state index in [-0.39, 0.29) is 30.9 Å². The first-order valence-corrected chi connectivity index (χ1v) is 6.66. The number of hydrogen-bond donors (Lipinski definition) is 1. The average molecular weight is 325 g/mol. The van der Waals surface area contributed by atoms with E-state index in [0.29, 0.717) is 11.5 Å². The molecule has 2 fully saturated rings. The molecule has 1 heterocycles. The summed E-state index contributed by atoms with van der Waals surface area (Å²) in [6.45, 7) is 3.69. The third-order valence-electron chi connectivity index (χ3n) is 3.91. The minimum atomic E-state index is -0.728. The molecule has 0 unspecified atom stereocenters. The van der Waals surface area contributed by atoms with Crippen LogP contribution in [0.4, 0.5) is 8.78 Å². The van der Waals surface area contributed by atoms with Gasteiger partial charge in [0.2, 0.25) is 0 Å². The SMILES string of the molecule is Cl.Cl.Fc1cccc([C@@H](C2CC2)N2CCNCC2)c1F. The van der Waals surface area contributed by atoms with Gasteiger partial charge in [-0.2, -0.15) is 0 Å². The Balaban J connectivity index is 0.000001000. The van der Waals surface area contributed by atoms with Crippen LogP contribution < -0.4 is 5.32 Å². The zero-order chi connectivity index (χ0) is 12.5. The van der Waals surface area contributed by atoms with Crippen molar-refractivity contribution in [3.8, 4) is 0 Å². The fourth-order valence-corrected chi connectivity index (χ4v) is 2.87. The van der Waals surface area contributed by atoms with Crippen LogP contribution in [-0.2, 0) is 0 Å². The molecule has 2 aliphatic rings. The van der Waals surface area contributed by atoms with Crippen molar-refractivity contribution in [1.82, 2.24) is 10.2 Å². The van der Waals surface area contributed by atoms with E-state index >= 15 is 0 Å². The second-order valence-corrected chi connectivity index (χ2v) is 5.21. The smallest absolute Gasteiger partial charge is 0.163 e. The Morgan fingerprint density at radius 2 is 1.75 bits per heavy atom. The summed E-state index contributed by atoms with van der Waals surface area (Å²) >= 11 is 0. The molecular weight excluding hydrogens is 305 g/mol. The molecule has 1 saturated carbocycles. The Morgan fingerprint density at radius 3 is 2.35 bits per heavy atom. The largest absolute Gasteiger partial charge is 0.314 e. The fourth-order valence-electron chi connectivity index (χ4n) is 2.87. The van der Waals surface area contributed by atoms with Gasteiger partial charge in [-0.05, 0) is 24.8 Å². The lowest BCUT2D eigenvalue weighted by Gasteiger charge is -2.35. The Morgan fingerprint density at radius 1 is 1.10 bits per heavy atom. The molecule has 114 valence electrons. The zero-order valence-electron chi connectivity index (χ0n) is 11.1. The summed E-state index contributed by atoms with van der Waals surface area (Å²) < 4.78 is 27.4. The molecule has 0 aromatic heterocycles. The predicted octanol–water partition coefficient (Wildman–Crippen LogP) is 3.16. The molecule has 2 nitrogen and oxygen atoms in total. The van der Waals surface area contributed by atoms with Crippen LogP contribution in [0.1, 0.15) is 24.4 Å². The van der Waals surface area contributed by atoms with Crippen molar-refractivity contribution in [3.63, 3.8) is 0 Å². The molecule has 1 N–H and O–H groups in total. The molecule has 0 spiro atoms. The molecule has 1 atom stereocenters. The molecule has 0 radical (unpaired) electrons. The molecule has 1 aromatic rings. The van der Waals surface area contributed by atoms with Crippen molar-refractivity contribution < 1.29 is 8.78 Å². The van der Waals surface area contributed by atoms with Crippen LogP contribution in [0.3, 0.4) is 0 Å². The maximum atomic E-state index is 14.0.